The molecule has 3 N–H and O–H groups in total. The molecule has 0 unspecified atom stereocenters. The number of sulfonamides is 1. The highest BCUT2D eigenvalue weighted by Crippen LogP contribution is 2.39. The molecule has 28 heteroatoms. The van der Waals surface area contributed by atoms with Gasteiger partial charge in [0.1, 0.15) is 38.7 Å². The van der Waals surface area contributed by atoms with Gasteiger partial charge in [-0.15, -0.1) is 0 Å². The van der Waals surface area contributed by atoms with E-state index in [1.54, 1.807) is 81.4 Å². The molecule has 2 heterocycles. The van der Waals surface area contributed by atoms with E-state index in [4.69, 9.17) is 52.4 Å². The number of nitrogens with zero attached hydrogens (tertiary/aromatic N) is 2. The van der Waals surface area contributed by atoms with Gasteiger partial charge in [-0.25, -0.2) is 48.8 Å². The topological polar surface area (TPSA) is 240 Å². The number of sulfone groups is 1. The minimum Gasteiger partial charge on any atom is -0.479 e. The van der Waals surface area contributed by atoms with E-state index in [9.17, 15) is 66.7 Å². The number of carbonyl (C=O) groups is 5. The molecule has 0 aromatic heterocycles. The molecule has 0 radical (unpaired) electrons. The quantitative estimate of drug-likeness (QED) is 0.0603. The molecule has 0 saturated carbocycles. The summed E-state index contributed by atoms with van der Waals surface area (Å²) in [5.74, 6) is -11.6. The van der Waals surface area contributed by atoms with Gasteiger partial charge in [-0.3, -0.25) is 14.3 Å². The molecule has 6 aromatic rings. The first-order valence-corrected chi connectivity index (χ1v) is 28.2. The average Bonchev–Trinajstić information content (AvgIpc) is 2.21. The van der Waals surface area contributed by atoms with Crippen molar-refractivity contribution >= 4 is 78.5 Å². The molecule has 0 aliphatic carbocycles. The van der Waals surface area contributed by atoms with Gasteiger partial charge in [-0.05, 0) is 81.1 Å². The number of carboxylic acid groups (broad SMARTS) is 2. The minimum atomic E-state index is -5.08. The molecule has 2 amide bonds. The molecule has 2 aliphatic heterocycles. The Labute approximate surface area is 480 Å². The first-order chi connectivity index (χ1) is 38.8. The molecular weight excluding hydrogens is 1190 g/mol. The van der Waals surface area contributed by atoms with Crippen LogP contribution in [0.4, 0.5) is 36.4 Å². The van der Waals surface area contributed by atoms with Crippen LogP contribution in [0.2, 0.25) is 10.0 Å². The van der Waals surface area contributed by atoms with E-state index in [0.717, 1.165) is 37.1 Å². The summed E-state index contributed by atoms with van der Waals surface area (Å²) in [5, 5.41) is 15.5. The number of nitrogens with one attached hydrogen (secondary N) is 1. The third-order valence-corrected chi connectivity index (χ3v) is 15.3. The summed E-state index contributed by atoms with van der Waals surface area (Å²) in [4.78, 5) is 59.6. The Balaban J connectivity index is 0.000000240. The highest BCUT2D eigenvalue weighted by Gasteiger charge is 2.38. The highest BCUT2D eigenvalue weighted by molar-refractivity contribution is 7.92. The van der Waals surface area contributed by atoms with E-state index in [1.807, 2.05) is 4.72 Å². The van der Waals surface area contributed by atoms with E-state index >= 15 is 0 Å². The molecule has 6 aromatic carbocycles. The van der Waals surface area contributed by atoms with Crippen LogP contribution in [0.5, 0.6) is 11.5 Å². The molecule has 17 nitrogen and oxygen atoms in total. The van der Waals surface area contributed by atoms with Crippen molar-refractivity contribution in [2.24, 2.45) is 0 Å². The zero-order valence-electron chi connectivity index (χ0n) is 43.7. The molecule has 8 rings (SSSR count). The predicted octanol–water partition coefficient (Wildman–Crippen LogP) is 10.9. The standard InChI is InChI=1S/C29H28ClF2NO6S.C24H19ClF2N2O6S.C2HF3O2/c1-29(2,3)39-26(34)16-38-27-22(30)13-19(28(35)33-10-7-11-33)14-25(27)40(36,37)17-20-12-21(24(32)15-23(20)31)18-8-5-4-6-9-18;25-17-9-15(24(32)29-7-4-8-29)10-21(23(17)35-13-22(30)31)36(33,34)28-20-11-16(18(26)12-19(20)27)14-5-2-1-3-6-14;3-2(4,5)1(6)7/h4-6,8-9,12-15H,7,10-11,16-17H2,1-3H3;1-3,5-6,9-12,28H,4,7-8,13H2,(H,30,31);(H,6,7). The number of likely N-dealkylation sites (tertiary alicyclic amines) is 2. The fourth-order valence-electron chi connectivity index (χ4n) is 7.63. The SMILES string of the molecule is CC(C)(C)OC(=O)COc1c(Cl)cc(C(=O)N2CCC2)cc1S(=O)(=O)Cc1cc(-c2ccccc2)c(F)cc1F.O=C(O)C(F)(F)F.O=C(O)COc1c(Cl)cc(C(=O)N2CCC2)cc1S(=O)(=O)Nc1cc(-c2ccccc2)c(F)cc1F. The lowest BCUT2D eigenvalue weighted by Crippen LogP contribution is -2.42. The first-order valence-electron chi connectivity index (χ1n) is 24.3. The van der Waals surface area contributed by atoms with Crippen LogP contribution in [0.15, 0.2) is 119 Å². The van der Waals surface area contributed by atoms with Gasteiger partial charge in [0.25, 0.3) is 21.8 Å². The van der Waals surface area contributed by atoms with Gasteiger partial charge in [0.05, 0.1) is 21.5 Å². The number of carboxylic acids is 2. The van der Waals surface area contributed by atoms with Crippen LogP contribution in [-0.4, -0.2) is 118 Å². The van der Waals surface area contributed by atoms with Gasteiger partial charge >= 0.3 is 24.1 Å². The number of aliphatic carboxylic acids is 2. The van der Waals surface area contributed by atoms with Crippen LogP contribution in [0, 0.1) is 23.3 Å². The van der Waals surface area contributed by atoms with E-state index in [-0.39, 0.29) is 43.6 Å². The predicted molar refractivity (Wildman–Crippen MR) is 287 cm³/mol. The van der Waals surface area contributed by atoms with Crippen LogP contribution >= 0.6 is 23.2 Å². The minimum absolute atomic E-state index is 0.00237. The number of hydrogen-bond acceptors (Lipinski definition) is 12. The number of anilines is 1. The second kappa shape index (κ2) is 26.5. The average molecular weight is 1240 g/mol. The summed E-state index contributed by atoms with van der Waals surface area (Å²) in [7, 11) is -9.15. The second-order valence-corrected chi connectivity index (χ2v) is 23.5. The Morgan fingerprint density at radius 1 is 0.602 bits per heavy atom. The van der Waals surface area contributed by atoms with Crippen LogP contribution in [-0.2, 0) is 44.7 Å². The van der Waals surface area contributed by atoms with Gasteiger partial charge in [-0.1, -0.05) is 83.9 Å². The fraction of sp³-hybridized carbons (Fsp3) is 0.255. The maximum atomic E-state index is 14.9. The molecule has 0 bridgehead atoms. The van der Waals surface area contributed by atoms with E-state index in [0.29, 0.717) is 49.4 Å². The Kier molecular flexibility index (Phi) is 20.5. The third-order valence-electron chi connectivity index (χ3n) is 11.7. The molecule has 442 valence electrons. The van der Waals surface area contributed by atoms with Gasteiger partial charge < -0.3 is 34.2 Å². The summed E-state index contributed by atoms with van der Waals surface area (Å²) >= 11 is 12.6. The summed E-state index contributed by atoms with van der Waals surface area (Å²) in [5.41, 5.74) is -0.987. The van der Waals surface area contributed by atoms with E-state index < -0.39 is 125 Å². The number of carbonyl (C=O) groups excluding carboxylic acids is 3. The van der Waals surface area contributed by atoms with Gasteiger partial charge in [0.15, 0.2) is 34.6 Å². The normalized spacial score (nSPS) is 13.2. The number of hydrogen-bond donors (Lipinski definition) is 3. The molecule has 0 atom stereocenters. The Morgan fingerprint density at radius 2 is 1.04 bits per heavy atom. The largest absolute Gasteiger partial charge is 0.490 e. The Morgan fingerprint density at radius 3 is 1.47 bits per heavy atom. The van der Waals surface area contributed by atoms with Crippen molar-refractivity contribution in [3.8, 4) is 33.8 Å². The molecule has 2 aliphatic rings. The van der Waals surface area contributed by atoms with Gasteiger partial charge in [0, 0.05) is 66.1 Å². The monoisotopic (exact) mass is 1240 g/mol. The Bertz CT molecular complexity index is 3680. The zero-order valence-corrected chi connectivity index (χ0v) is 46.8. The molecule has 2 saturated heterocycles. The summed E-state index contributed by atoms with van der Waals surface area (Å²) < 4.78 is 162. The summed E-state index contributed by atoms with van der Waals surface area (Å²) in [6, 6.07) is 24.2. The van der Waals surface area contributed by atoms with Gasteiger partial charge in [-0.2, -0.15) is 13.2 Å². The van der Waals surface area contributed by atoms with Crippen molar-refractivity contribution in [2.45, 2.75) is 60.9 Å². The number of halogens is 9. The van der Waals surface area contributed by atoms with Crippen molar-refractivity contribution in [1.29, 1.82) is 0 Å². The molecule has 83 heavy (non-hydrogen) atoms. The maximum absolute atomic E-state index is 14.9. The van der Waals surface area contributed by atoms with Crippen molar-refractivity contribution < 1.29 is 96.0 Å². The first kappa shape index (κ1) is 64.2. The second-order valence-electron chi connectivity index (χ2n) is 19.1. The number of benzene rings is 6. The Hall–Kier alpha value is -7.94. The van der Waals surface area contributed by atoms with Crippen LogP contribution in [0.25, 0.3) is 22.3 Å². The lowest BCUT2D eigenvalue weighted by atomic mass is 10.0. The molecule has 0 spiro atoms. The van der Waals surface area contributed by atoms with Crippen molar-refractivity contribution in [2.75, 3.05) is 44.1 Å². The van der Waals surface area contributed by atoms with Crippen LogP contribution < -0.4 is 14.2 Å². The molecular formula is C55H48Cl2F7N3O14S2. The number of ether oxygens (including phenoxy) is 3. The van der Waals surface area contributed by atoms with Crippen molar-refractivity contribution in [3.05, 3.63) is 159 Å². The zero-order chi connectivity index (χ0) is 61.4. The number of alkyl halides is 3. The lowest BCUT2D eigenvalue weighted by Gasteiger charge is -2.31. The summed E-state index contributed by atoms with van der Waals surface area (Å²) in [6.45, 7) is 5.37. The number of amides is 2. The highest BCUT2D eigenvalue weighted by atomic mass is 35.5. The third kappa shape index (κ3) is 16.9. The number of rotatable bonds is 16. The fourth-order valence-corrected chi connectivity index (χ4v) is 11.1. The maximum Gasteiger partial charge on any atom is 0.490 e. The van der Waals surface area contributed by atoms with Crippen molar-refractivity contribution in [3.63, 3.8) is 0 Å². The number of esters is 1. The van der Waals surface area contributed by atoms with Crippen LogP contribution in [0.3, 0.4) is 0 Å². The van der Waals surface area contributed by atoms with E-state index in [1.165, 1.54) is 21.9 Å². The smallest absolute Gasteiger partial charge is 0.479 e. The molecule has 2 fully saturated rings. The lowest BCUT2D eigenvalue weighted by molar-refractivity contribution is -0.192. The van der Waals surface area contributed by atoms with Crippen molar-refractivity contribution in [1.82, 2.24) is 9.80 Å². The van der Waals surface area contributed by atoms with E-state index in [2.05, 4.69) is 0 Å². The van der Waals surface area contributed by atoms with Crippen LogP contribution in [0.1, 0.15) is 59.9 Å². The van der Waals surface area contributed by atoms with Gasteiger partial charge in [0.2, 0.25) is 0 Å². The summed E-state index contributed by atoms with van der Waals surface area (Å²) in [6.07, 6.45) is -3.48.